The van der Waals surface area contributed by atoms with E-state index < -0.39 is 92.6 Å². The minimum absolute atomic E-state index is 0.00222. The van der Waals surface area contributed by atoms with Crippen LogP contribution in [0.2, 0.25) is 5.02 Å². The van der Waals surface area contributed by atoms with E-state index in [4.69, 9.17) is 22.3 Å². The number of sulfonamides is 1. The molecule has 12 nitrogen and oxygen atoms in total. The van der Waals surface area contributed by atoms with Crippen LogP contribution in [0, 0.1) is 31.4 Å². The maximum atomic E-state index is 16.1. The molecule has 3 aromatic carbocycles. The highest BCUT2D eigenvalue weighted by molar-refractivity contribution is 7.92. The van der Waals surface area contributed by atoms with Crippen molar-refractivity contribution in [3.63, 3.8) is 0 Å². The lowest BCUT2D eigenvalue weighted by molar-refractivity contribution is -0.122. The van der Waals surface area contributed by atoms with Crippen LogP contribution >= 0.6 is 11.6 Å². The van der Waals surface area contributed by atoms with E-state index in [2.05, 4.69) is 14.9 Å². The number of nitrogens with zero attached hydrogens (tertiary/aromatic N) is 6. The van der Waals surface area contributed by atoms with Gasteiger partial charge in [0.25, 0.3) is 17.9 Å². The number of carbonyl (C=O) groups excluding carboxylic acids is 1. The molecule has 3 N–H and O–H groups in total. The van der Waals surface area contributed by atoms with Crippen molar-refractivity contribution in [3.8, 4) is 5.69 Å². The molecule has 0 aliphatic heterocycles. The lowest BCUT2D eigenvalue weighted by atomic mass is 9.89. The number of aromatic nitrogens is 6. The summed E-state index contributed by atoms with van der Waals surface area (Å²) in [5.41, 5.74) is 3.81. The van der Waals surface area contributed by atoms with Crippen LogP contribution in [0.1, 0.15) is 70.2 Å². The number of aryl methyl sites for hydroxylation is 3. The Morgan fingerprint density at radius 2 is 1.72 bits per heavy atom. The van der Waals surface area contributed by atoms with Gasteiger partial charge >= 0.3 is 0 Å². The molecule has 3 aromatic heterocycles. The third kappa shape index (κ3) is 6.12. The normalized spacial score (nSPS) is 18.2. The average molecular weight is 833 g/mol. The first-order valence-corrected chi connectivity index (χ1v) is 19.7. The average Bonchev–Trinajstić information content (AvgIpc) is 3.63. The fraction of sp³-hybridized carbons (Fsp3) is 0.324. The van der Waals surface area contributed by atoms with Crippen molar-refractivity contribution in [2.75, 3.05) is 11.0 Å². The van der Waals surface area contributed by atoms with E-state index in [9.17, 15) is 30.8 Å². The summed E-state index contributed by atoms with van der Waals surface area (Å²) >= 11 is 6.61. The number of benzene rings is 3. The van der Waals surface area contributed by atoms with Gasteiger partial charge in [-0.1, -0.05) is 23.7 Å². The lowest BCUT2D eigenvalue weighted by Gasteiger charge is -2.30. The first kappa shape index (κ1) is 38.4. The highest BCUT2D eigenvalue weighted by atomic mass is 35.5. The van der Waals surface area contributed by atoms with E-state index >= 15 is 13.6 Å². The van der Waals surface area contributed by atoms with E-state index in [0.717, 1.165) is 23.0 Å². The summed E-state index contributed by atoms with van der Waals surface area (Å²) in [6.07, 6.45) is -3.15. The number of hydrogen-bond donors (Lipinski definition) is 2. The predicted molar refractivity (Wildman–Crippen MR) is 198 cm³/mol. The smallest absolute Gasteiger partial charge is 0.293 e. The van der Waals surface area contributed by atoms with Gasteiger partial charge in [0.05, 0.1) is 44.7 Å². The Kier molecular flexibility index (Phi) is 8.80. The van der Waals surface area contributed by atoms with Crippen molar-refractivity contribution in [3.05, 3.63) is 109 Å². The van der Waals surface area contributed by atoms with Gasteiger partial charge in [-0.3, -0.25) is 23.6 Å². The van der Waals surface area contributed by atoms with Crippen molar-refractivity contribution < 1.29 is 39.6 Å². The molecular formula is C37H31ClF6N8O4S. The zero-order valence-electron chi connectivity index (χ0n) is 30.3. The van der Waals surface area contributed by atoms with E-state index in [-0.39, 0.29) is 56.1 Å². The van der Waals surface area contributed by atoms with Gasteiger partial charge in [0.15, 0.2) is 5.82 Å². The molecule has 0 radical (unpaired) electrons. The van der Waals surface area contributed by atoms with Gasteiger partial charge in [0.2, 0.25) is 15.9 Å². The van der Waals surface area contributed by atoms with Gasteiger partial charge in [-0.2, -0.15) is 19.0 Å². The Morgan fingerprint density at radius 1 is 1.05 bits per heavy atom. The van der Waals surface area contributed by atoms with E-state index in [1.807, 2.05) is 0 Å². The maximum absolute atomic E-state index is 16.1. The molecule has 1 unspecified atom stereocenters. The minimum atomic E-state index is -3.93. The topological polar surface area (TPSA) is 160 Å². The molecule has 6 aromatic rings. The van der Waals surface area contributed by atoms with Gasteiger partial charge in [-0.25, -0.2) is 35.6 Å². The number of alkyl halides is 4. The van der Waals surface area contributed by atoms with E-state index in [0.29, 0.717) is 21.9 Å². The van der Waals surface area contributed by atoms with Crippen LogP contribution in [0.25, 0.3) is 27.5 Å². The van der Waals surface area contributed by atoms with Gasteiger partial charge in [0, 0.05) is 24.6 Å². The van der Waals surface area contributed by atoms with Crippen LogP contribution in [0.15, 0.2) is 47.3 Å². The van der Waals surface area contributed by atoms with Gasteiger partial charge in [-0.15, -0.1) is 0 Å². The Morgan fingerprint density at radius 3 is 2.35 bits per heavy atom. The summed E-state index contributed by atoms with van der Waals surface area (Å²) in [5.74, 6) is -11.8. The Bertz CT molecular complexity index is 2870. The summed E-state index contributed by atoms with van der Waals surface area (Å²) in [6.45, 7) is 3.27. The quantitative estimate of drug-likeness (QED) is 0.147. The number of nitrogens with one attached hydrogen (secondary N) is 1. The fourth-order valence-electron chi connectivity index (χ4n) is 8.29. The molecule has 57 heavy (non-hydrogen) atoms. The molecule has 20 heteroatoms. The molecule has 1 amide bonds. The molecular weight excluding hydrogens is 802 g/mol. The first-order chi connectivity index (χ1) is 26.7. The molecule has 0 bridgehead atoms. The molecule has 3 heterocycles. The second-order valence-electron chi connectivity index (χ2n) is 14.6. The molecule has 298 valence electrons. The standard InChI is InChI=1S/C37H31ClF6N8O4S/c1-14-5-6-15(2)27-24(14)36(54)51(23-8-7-22(38)26-30(23)50(3)48-34(26)49-57(4,55)56)35(46-27)20(11-16-9-17(39)12-18(40)10-16)29(33(45)53)52-31-25(28(47-52)32(41)42)19-13-21(19)37(31,43)44/h5-10,12,19-21,29,32H,11,13H2,1-4H3,(H2,45,53)(H,48,49)/t19-,20-,21+,29?/m0/s1. The SMILES string of the molecule is Cc1ccc(C)c2c(=O)n(-c3ccc(Cl)c4c(NS(C)(=O)=O)nn(C)c34)c([C@@H](Cc3cc(F)cc(F)c3)C(C(N)=O)n3nc(C(F)F)c4c3C(F)(F)[C@@H]3C[C@H]43)nc12. The van der Waals surface area contributed by atoms with Crippen LogP contribution in [0.3, 0.4) is 0 Å². The maximum Gasteiger partial charge on any atom is 0.293 e. The molecule has 0 saturated heterocycles. The Hall–Kier alpha value is -5.43. The van der Waals surface area contributed by atoms with E-state index in [1.54, 1.807) is 26.0 Å². The van der Waals surface area contributed by atoms with Crippen molar-refractivity contribution in [1.29, 1.82) is 0 Å². The number of nitrogens with two attached hydrogens (primary N) is 1. The van der Waals surface area contributed by atoms with E-state index in [1.165, 1.54) is 23.9 Å². The summed E-state index contributed by atoms with van der Waals surface area (Å²) in [4.78, 5) is 33.8. The number of rotatable bonds is 10. The van der Waals surface area contributed by atoms with Crippen LogP contribution in [-0.4, -0.2) is 49.7 Å². The molecule has 2 aliphatic rings. The number of primary amides is 1. The first-order valence-electron chi connectivity index (χ1n) is 17.4. The summed E-state index contributed by atoms with van der Waals surface area (Å²) in [6, 6.07) is 6.33. The number of hydrogen-bond acceptors (Lipinski definition) is 7. The molecule has 8 rings (SSSR count). The third-order valence-corrected chi connectivity index (χ3v) is 11.5. The van der Waals surface area contributed by atoms with Gasteiger partial charge in [-0.05, 0) is 73.6 Å². The second kappa shape index (κ2) is 13.1. The van der Waals surface area contributed by atoms with Crippen LogP contribution < -0.4 is 16.0 Å². The van der Waals surface area contributed by atoms with Crippen molar-refractivity contribution in [1.82, 2.24) is 29.1 Å². The van der Waals surface area contributed by atoms with Crippen LogP contribution in [0.4, 0.5) is 32.2 Å². The molecule has 2 aliphatic carbocycles. The van der Waals surface area contributed by atoms with Crippen LogP contribution in [0.5, 0.6) is 0 Å². The lowest BCUT2D eigenvalue weighted by Crippen LogP contribution is -2.39. The van der Waals surface area contributed by atoms with Crippen molar-refractivity contribution >= 4 is 55.2 Å². The number of halogens is 7. The summed E-state index contributed by atoms with van der Waals surface area (Å²) in [7, 11) is -2.51. The van der Waals surface area contributed by atoms with Crippen LogP contribution in [-0.2, 0) is 34.2 Å². The Balaban J connectivity index is 1.51. The zero-order chi connectivity index (χ0) is 41.2. The third-order valence-electron chi connectivity index (χ3n) is 10.7. The highest BCUT2D eigenvalue weighted by Crippen LogP contribution is 2.68. The number of fused-ring (bicyclic) bond motifs is 5. The van der Waals surface area contributed by atoms with Gasteiger partial charge in [0.1, 0.15) is 34.9 Å². The molecule has 4 atom stereocenters. The fourth-order valence-corrected chi connectivity index (χ4v) is 9.03. The summed E-state index contributed by atoms with van der Waals surface area (Å²) in [5, 5.41) is 8.30. The predicted octanol–water partition coefficient (Wildman–Crippen LogP) is 6.59. The number of carbonyl (C=O) groups is 1. The molecule has 0 spiro atoms. The number of anilines is 1. The van der Waals surface area contributed by atoms with Gasteiger partial charge < -0.3 is 5.73 Å². The Labute approximate surface area is 324 Å². The minimum Gasteiger partial charge on any atom is -0.368 e. The van der Waals surface area contributed by atoms with Crippen molar-refractivity contribution in [2.45, 2.75) is 56.9 Å². The van der Waals surface area contributed by atoms with Crippen molar-refractivity contribution in [2.24, 2.45) is 18.7 Å². The summed E-state index contributed by atoms with van der Waals surface area (Å²) < 4.78 is 121. The second-order valence-corrected chi connectivity index (χ2v) is 16.7. The zero-order valence-corrected chi connectivity index (χ0v) is 31.9. The number of amides is 1. The largest absolute Gasteiger partial charge is 0.368 e. The highest BCUT2D eigenvalue weighted by Gasteiger charge is 2.67. The monoisotopic (exact) mass is 832 g/mol. The molecule has 1 fully saturated rings. The molecule has 1 saturated carbocycles.